The Morgan fingerprint density at radius 2 is 1.73 bits per heavy atom. The average molecular weight is 418 g/mol. The van der Waals surface area contributed by atoms with Crippen molar-refractivity contribution in [1.29, 1.82) is 0 Å². The normalized spacial score (nSPS) is 12.9. The highest BCUT2D eigenvalue weighted by Gasteiger charge is 2.19. The molecule has 7 heteroatoms. The van der Waals surface area contributed by atoms with Crippen molar-refractivity contribution in [3.63, 3.8) is 0 Å². The van der Waals surface area contributed by atoms with Crippen molar-refractivity contribution >= 4 is 17.4 Å². The molecule has 0 aliphatic heterocycles. The van der Waals surface area contributed by atoms with Gasteiger partial charge in [0, 0.05) is 4.88 Å². The molecule has 0 aliphatic carbocycles. The second-order valence-electron chi connectivity index (χ2n) is 7.13. The third-order valence-corrected chi connectivity index (χ3v) is 5.87. The molecule has 2 atom stereocenters. The Balaban J connectivity index is 1.44. The Bertz CT molecular complexity index is 1070. The summed E-state index contributed by atoms with van der Waals surface area (Å²) in [7, 11) is 0. The van der Waals surface area contributed by atoms with Crippen LogP contribution in [0.2, 0.25) is 0 Å². The van der Waals surface area contributed by atoms with Crippen molar-refractivity contribution < 1.29 is 4.79 Å². The number of aryl methyl sites for hydroxylation is 1. The third kappa shape index (κ3) is 4.58. The van der Waals surface area contributed by atoms with Gasteiger partial charge < -0.3 is 10.6 Å². The highest BCUT2D eigenvalue weighted by molar-refractivity contribution is 7.10. The maximum absolute atomic E-state index is 12.8. The summed E-state index contributed by atoms with van der Waals surface area (Å²) >= 11 is 1.63. The first-order chi connectivity index (χ1) is 14.6. The van der Waals surface area contributed by atoms with Gasteiger partial charge >= 0.3 is 6.03 Å². The number of benzene rings is 2. The van der Waals surface area contributed by atoms with E-state index in [2.05, 4.69) is 51.9 Å². The van der Waals surface area contributed by atoms with Crippen LogP contribution in [-0.2, 0) is 0 Å². The van der Waals surface area contributed by atoms with Gasteiger partial charge in [0.2, 0.25) is 0 Å². The average Bonchev–Trinajstić information content (AvgIpc) is 3.47. The van der Waals surface area contributed by atoms with Gasteiger partial charge in [-0.15, -0.1) is 11.3 Å². The molecule has 0 bridgehead atoms. The molecule has 0 fully saturated rings. The summed E-state index contributed by atoms with van der Waals surface area (Å²) < 4.78 is 1.70. The number of nitrogens with zero attached hydrogens (tertiary/aromatic N) is 3. The van der Waals surface area contributed by atoms with Crippen LogP contribution in [0.25, 0.3) is 5.69 Å². The van der Waals surface area contributed by atoms with Gasteiger partial charge in [0.05, 0.1) is 17.8 Å². The van der Waals surface area contributed by atoms with E-state index in [0.29, 0.717) is 0 Å². The Morgan fingerprint density at radius 1 is 1.00 bits per heavy atom. The van der Waals surface area contributed by atoms with Crippen LogP contribution in [0.1, 0.15) is 40.6 Å². The molecular weight excluding hydrogens is 394 g/mol. The van der Waals surface area contributed by atoms with E-state index in [1.54, 1.807) is 22.3 Å². The van der Waals surface area contributed by atoms with Crippen LogP contribution in [0, 0.1) is 6.92 Å². The summed E-state index contributed by atoms with van der Waals surface area (Å²) in [6.07, 6.45) is 3.15. The molecule has 4 rings (SSSR count). The van der Waals surface area contributed by atoms with E-state index in [4.69, 9.17) is 0 Å². The van der Waals surface area contributed by atoms with E-state index in [-0.39, 0.29) is 18.1 Å². The van der Waals surface area contributed by atoms with E-state index >= 15 is 0 Å². The first kappa shape index (κ1) is 19.8. The van der Waals surface area contributed by atoms with Gasteiger partial charge in [-0.3, -0.25) is 0 Å². The summed E-state index contributed by atoms with van der Waals surface area (Å²) in [5.74, 6) is 0. The third-order valence-electron chi connectivity index (χ3n) is 4.94. The van der Waals surface area contributed by atoms with E-state index < -0.39 is 0 Å². The van der Waals surface area contributed by atoms with Crippen LogP contribution in [0.15, 0.2) is 78.7 Å². The lowest BCUT2D eigenvalue weighted by Crippen LogP contribution is -2.39. The second-order valence-corrected chi connectivity index (χ2v) is 8.11. The molecule has 0 saturated heterocycles. The van der Waals surface area contributed by atoms with Crippen molar-refractivity contribution in [3.05, 3.63) is 100 Å². The lowest BCUT2D eigenvalue weighted by atomic mass is 10.0. The van der Waals surface area contributed by atoms with Crippen molar-refractivity contribution in [1.82, 2.24) is 25.4 Å². The number of urea groups is 1. The first-order valence-corrected chi connectivity index (χ1v) is 10.6. The number of rotatable bonds is 6. The topological polar surface area (TPSA) is 71.8 Å². The SMILES string of the molecule is Cc1ccc([C@@H](NC(=O)N[C@H](C)c2ccc(-n3cncn3)cc2)c2cccs2)cc1. The molecular formula is C23H23N5OS. The van der Waals surface area contributed by atoms with Gasteiger partial charge in [-0.1, -0.05) is 48.0 Å². The fourth-order valence-corrected chi connectivity index (χ4v) is 4.05. The zero-order valence-corrected chi connectivity index (χ0v) is 17.6. The van der Waals surface area contributed by atoms with Gasteiger partial charge in [-0.2, -0.15) is 5.10 Å². The molecule has 152 valence electrons. The minimum absolute atomic E-state index is 0.142. The Morgan fingerprint density at radius 3 is 2.37 bits per heavy atom. The van der Waals surface area contributed by atoms with E-state index in [9.17, 15) is 4.79 Å². The van der Waals surface area contributed by atoms with Crippen LogP contribution < -0.4 is 10.6 Å². The minimum Gasteiger partial charge on any atom is -0.332 e. The van der Waals surface area contributed by atoms with Crippen LogP contribution in [0.4, 0.5) is 4.79 Å². The number of hydrogen-bond donors (Lipinski definition) is 2. The van der Waals surface area contributed by atoms with E-state index in [0.717, 1.165) is 21.7 Å². The first-order valence-electron chi connectivity index (χ1n) is 9.72. The minimum atomic E-state index is -0.207. The Labute approximate surface area is 179 Å². The molecule has 2 heterocycles. The zero-order valence-electron chi connectivity index (χ0n) is 16.8. The second kappa shape index (κ2) is 8.92. The number of nitrogens with one attached hydrogen (secondary N) is 2. The molecule has 0 spiro atoms. The molecule has 4 aromatic rings. The lowest BCUT2D eigenvalue weighted by molar-refractivity contribution is 0.236. The molecule has 6 nitrogen and oxygen atoms in total. The van der Waals surface area contributed by atoms with E-state index in [1.165, 1.54) is 11.9 Å². The summed E-state index contributed by atoms with van der Waals surface area (Å²) in [4.78, 5) is 17.8. The molecule has 0 unspecified atom stereocenters. The van der Waals surface area contributed by atoms with Crippen LogP contribution in [0.5, 0.6) is 0 Å². The number of thiophene rings is 1. The Hall–Kier alpha value is -3.45. The van der Waals surface area contributed by atoms with Crippen LogP contribution >= 0.6 is 11.3 Å². The molecule has 2 amide bonds. The molecule has 0 saturated carbocycles. The quantitative estimate of drug-likeness (QED) is 0.474. The van der Waals surface area contributed by atoms with Gasteiger partial charge in [-0.05, 0) is 48.6 Å². The van der Waals surface area contributed by atoms with Crippen molar-refractivity contribution in [2.24, 2.45) is 0 Å². The van der Waals surface area contributed by atoms with Gasteiger partial charge in [0.15, 0.2) is 0 Å². The van der Waals surface area contributed by atoms with Crippen molar-refractivity contribution in [3.8, 4) is 5.69 Å². The fourth-order valence-electron chi connectivity index (χ4n) is 3.24. The van der Waals surface area contributed by atoms with Gasteiger partial charge in [-0.25, -0.2) is 14.5 Å². The molecule has 0 radical (unpaired) electrons. The van der Waals surface area contributed by atoms with Crippen molar-refractivity contribution in [2.75, 3.05) is 0 Å². The highest BCUT2D eigenvalue weighted by Crippen LogP contribution is 2.26. The predicted molar refractivity (Wildman–Crippen MR) is 119 cm³/mol. The summed E-state index contributed by atoms with van der Waals surface area (Å²) in [5, 5.41) is 12.3. The van der Waals surface area contributed by atoms with Gasteiger partial charge in [0.1, 0.15) is 12.7 Å². The largest absolute Gasteiger partial charge is 0.332 e. The number of aromatic nitrogens is 3. The monoisotopic (exact) mass is 417 g/mol. The summed E-state index contributed by atoms with van der Waals surface area (Å²) in [6, 6.07) is 19.6. The predicted octanol–water partition coefficient (Wildman–Crippen LogP) is 4.79. The summed E-state index contributed by atoms with van der Waals surface area (Å²) in [5.41, 5.74) is 4.18. The van der Waals surface area contributed by atoms with Crippen LogP contribution in [0.3, 0.4) is 0 Å². The molecule has 0 aliphatic rings. The number of carbonyl (C=O) groups is 1. The number of carbonyl (C=O) groups excluding carboxylic acids is 1. The van der Waals surface area contributed by atoms with Gasteiger partial charge in [0.25, 0.3) is 0 Å². The standard InChI is InChI=1S/C23H23N5OS/c1-16-5-7-19(8-6-16)22(21-4-3-13-30-21)27-23(29)26-17(2)18-9-11-20(12-10-18)28-15-24-14-25-28/h3-15,17,22H,1-2H3,(H2,26,27,29)/t17-,22-/m1/s1. The Kier molecular flexibility index (Phi) is 5.90. The molecule has 2 aromatic heterocycles. The fraction of sp³-hybridized carbons (Fsp3) is 0.174. The maximum atomic E-state index is 12.8. The maximum Gasteiger partial charge on any atom is 0.316 e. The highest BCUT2D eigenvalue weighted by atomic mass is 32.1. The van der Waals surface area contributed by atoms with E-state index in [1.807, 2.05) is 48.7 Å². The molecule has 2 N–H and O–H groups in total. The summed E-state index contributed by atoms with van der Waals surface area (Å²) in [6.45, 7) is 4.02. The number of hydrogen-bond acceptors (Lipinski definition) is 4. The van der Waals surface area contributed by atoms with Crippen LogP contribution in [-0.4, -0.2) is 20.8 Å². The smallest absolute Gasteiger partial charge is 0.316 e. The lowest BCUT2D eigenvalue weighted by Gasteiger charge is -2.21. The molecule has 2 aromatic carbocycles. The number of amides is 2. The van der Waals surface area contributed by atoms with Crippen molar-refractivity contribution in [2.45, 2.75) is 25.9 Å². The zero-order chi connectivity index (χ0) is 20.9. The molecule has 30 heavy (non-hydrogen) atoms.